The first-order chi connectivity index (χ1) is 23.2. The third-order valence-corrected chi connectivity index (χ3v) is 10.0. The third kappa shape index (κ3) is 7.02. The van der Waals surface area contributed by atoms with Crippen LogP contribution in [0.25, 0.3) is 6.08 Å². The van der Waals surface area contributed by atoms with Gasteiger partial charge in [-0.05, 0) is 95.2 Å². The van der Waals surface area contributed by atoms with Gasteiger partial charge in [-0.3, -0.25) is 14.2 Å². The number of ether oxygens (including phenoxy) is 3. The summed E-state index contributed by atoms with van der Waals surface area (Å²) in [5.74, 6) is 1.37. The van der Waals surface area contributed by atoms with E-state index in [4.69, 9.17) is 42.4 Å². The molecule has 48 heavy (non-hydrogen) atoms. The highest BCUT2D eigenvalue weighted by Crippen LogP contribution is 2.36. The Labute approximate surface area is 304 Å². The second-order valence-electron chi connectivity index (χ2n) is 10.7. The van der Waals surface area contributed by atoms with Gasteiger partial charge in [-0.1, -0.05) is 70.9 Å². The number of carbonyl (C=O) groups is 1. The molecule has 0 bridgehead atoms. The molecule has 0 unspecified atom stereocenters. The summed E-state index contributed by atoms with van der Waals surface area (Å²) < 4.78 is 20.0. The number of allylic oxidation sites excluding steroid dienone is 1. The number of carbonyl (C=O) groups excluding carboxylic acids is 1. The van der Waals surface area contributed by atoms with Crippen molar-refractivity contribution in [3.63, 3.8) is 0 Å². The molecule has 12 heteroatoms. The van der Waals surface area contributed by atoms with E-state index < -0.39 is 6.04 Å². The largest absolute Gasteiger partial charge is 0.497 e. The lowest BCUT2D eigenvalue weighted by Gasteiger charge is -2.25. The molecule has 1 aliphatic heterocycles. The highest BCUT2D eigenvalue weighted by Gasteiger charge is 2.32. The van der Waals surface area contributed by atoms with Crippen LogP contribution >= 0.6 is 57.1 Å². The molecular formula is C36H28Cl2IN3O5S. The van der Waals surface area contributed by atoms with Crippen molar-refractivity contribution in [1.82, 2.24) is 4.57 Å². The molecule has 1 atom stereocenters. The van der Waals surface area contributed by atoms with Gasteiger partial charge in [0.15, 0.2) is 16.3 Å². The molecule has 0 saturated heterocycles. The number of amides is 1. The normalized spacial score (nSPS) is 14.3. The van der Waals surface area contributed by atoms with Gasteiger partial charge < -0.3 is 19.5 Å². The number of nitrogens with one attached hydrogen (secondary N) is 1. The van der Waals surface area contributed by atoms with Crippen molar-refractivity contribution < 1.29 is 19.0 Å². The van der Waals surface area contributed by atoms with E-state index in [1.807, 2.05) is 72.8 Å². The highest BCUT2D eigenvalue weighted by molar-refractivity contribution is 14.1. The molecule has 1 aliphatic rings. The Kier molecular flexibility index (Phi) is 10.3. The number of nitrogens with zero attached hydrogens (tertiary/aromatic N) is 2. The zero-order chi connectivity index (χ0) is 33.9. The number of hydrogen-bond donors (Lipinski definition) is 1. The summed E-state index contributed by atoms with van der Waals surface area (Å²) in [5.41, 5.74) is 3.52. The Morgan fingerprint density at radius 2 is 1.77 bits per heavy atom. The van der Waals surface area contributed by atoms with Gasteiger partial charge in [0.05, 0.1) is 39.6 Å². The second-order valence-corrected chi connectivity index (χ2v) is 13.7. The first-order valence-corrected chi connectivity index (χ1v) is 17.3. The van der Waals surface area contributed by atoms with Crippen molar-refractivity contribution in [3.8, 4) is 17.2 Å². The first-order valence-electron chi connectivity index (χ1n) is 14.6. The Balaban J connectivity index is 1.40. The number of hydrogen-bond acceptors (Lipinski definition) is 7. The van der Waals surface area contributed by atoms with Crippen molar-refractivity contribution >= 4 is 74.8 Å². The predicted molar refractivity (Wildman–Crippen MR) is 198 cm³/mol. The van der Waals surface area contributed by atoms with Gasteiger partial charge in [0.2, 0.25) is 0 Å². The van der Waals surface area contributed by atoms with Crippen LogP contribution < -0.4 is 34.4 Å². The van der Waals surface area contributed by atoms with Crippen LogP contribution in [0.2, 0.25) is 10.0 Å². The van der Waals surface area contributed by atoms with Crippen LogP contribution in [0.4, 0.5) is 5.69 Å². The number of aromatic nitrogens is 1. The molecule has 1 aromatic heterocycles. The molecule has 0 spiro atoms. The van der Waals surface area contributed by atoms with Gasteiger partial charge >= 0.3 is 0 Å². The zero-order valence-electron chi connectivity index (χ0n) is 25.9. The number of para-hydroxylation sites is 1. The van der Waals surface area contributed by atoms with Crippen LogP contribution in [0.1, 0.15) is 29.7 Å². The van der Waals surface area contributed by atoms with E-state index in [9.17, 15) is 9.59 Å². The molecule has 5 aromatic rings. The molecule has 6 rings (SSSR count). The molecule has 0 radical (unpaired) electrons. The summed E-state index contributed by atoms with van der Waals surface area (Å²) >= 11 is 15.8. The highest BCUT2D eigenvalue weighted by atomic mass is 127. The van der Waals surface area contributed by atoms with Crippen molar-refractivity contribution in [3.05, 3.63) is 146 Å². The van der Waals surface area contributed by atoms with Gasteiger partial charge in [0, 0.05) is 21.3 Å². The van der Waals surface area contributed by atoms with Crippen LogP contribution in [0.15, 0.2) is 106 Å². The van der Waals surface area contributed by atoms with Gasteiger partial charge in [0.1, 0.15) is 12.4 Å². The van der Waals surface area contributed by atoms with E-state index in [-0.39, 0.29) is 18.1 Å². The Morgan fingerprint density at radius 3 is 2.46 bits per heavy atom. The van der Waals surface area contributed by atoms with E-state index in [1.54, 1.807) is 43.9 Å². The molecular weight excluding hydrogens is 784 g/mol. The smallest absolute Gasteiger partial charge is 0.271 e. The minimum absolute atomic E-state index is 0.213. The standard InChI is InChI=1S/C36H28Cl2IN3O5S/c1-20-31(34(43)41-25-7-5-4-6-8-25)32(22-10-13-26(45-2)14-11-22)42-35(44)30(48-36(42)40-20)17-21-15-28(39)33(29(16-21)46-3)47-19-23-9-12-24(37)18-27(23)38/h4-18,32H,19H2,1-3H3,(H,41,43)/b30-17+/t32-/m1/s1. The molecule has 244 valence electrons. The fraction of sp³-hybridized carbons (Fsp3) is 0.139. The maximum atomic E-state index is 14.2. The summed E-state index contributed by atoms with van der Waals surface area (Å²) in [4.78, 5) is 33.2. The average Bonchev–Trinajstić information content (AvgIpc) is 3.38. The molecule has 1 amide bonds. The predicted octanol–water partition coefficient (Wildman–Crippen LogP) is 7.38. The molecule has 1 N–H and O–H groups in total. The van der Waals surface area contributed by atoms with E-state index in [0.29, 0.717) is 53.6 Å². The Hall–Kier alpha value is -4.10. The van der Waals surface area contributed by atoms with Crippen LogP contribution in [0.5, 0.6) is 17.2 Å². The first kappa shape index (κ1) is 33.8. The molecule has 8 nitrogen and oxygen atoms in total. The topological polar surface area (TPSA) is 91.2 Å². The zero-order valence-corrected chi connectivity index (χ0v) is 30.4. The molecule has 0 fully saturated rings. The summed E-state index contributed by atoms with van der Waals surface area (Å²) in [7, 11) is 3.15. The van der Waals surface area contributed by atoms with Crippen LogP contribution in [-0.2, 0) is 11.4 Å². The number of anilines is 1. The summed E-state index contributed by atoms with van der Waals surface area (Å²) in [6.07, 6.45) is 1.79. The van der Waals surface area contributed by atoms with Crippen LogP contribution in [0, 0.1) is 3.57 Å². The van der Waals surface area contributed by atoms with Crippen molar-refractivity contribution in [2.24, 2.45) is 4.99 Å². The Morgan fingerprint density at radius 1 is 1.02 bits per heavy atom. The van der Waals surface area contributed by atoms with Gasteiger partial charge in [0.25, 0.3) is 11.5 Å². The summed E-state index contributed by atoms with van der Waals surface area (Å²) in [5, 5.41) is 4.02. The maximum absolute atomic E-state index is 14.2. The number of rotatable bonds is 9. The Bertz CT molecular complexity index is 2240. The minimum Gasteiger partial charge on any atom is -0.497 e. The van der Waals surface area contributed by atoms with E-state index in [0.717, 1.165) is 20.3 Å². The quantitative estimate of drug-likeness (QED) is 0.157. The average molecular weight is 813 g/mol. The number of thiazole rings is 1. The summed E-state index contributed by atoms with van der Waals surface area (Å²) in [6, 6.07) is 24.8. The van der Waals surface area contributed by atoms with Crippen LogP contribution in [-0.4, -0.2) is 24.7 Å². The minimum atomic E-state index is -0.719. The van der Waals surface area contributed by atoms with Crippen LogP contribution in [0.3, 0.4) is 0 Å². The molecule has 2 heterocycles. The van der Waals surface area contributed by atoms with Gasteiger partial charge in [-0.25, -0.2) is 4.99 Å². The fourth-order valence-corrected chi connectivity index (χ4v) is 7.63. The monoisotopic (exact) mass is 811 g/mol. The lowest BCUT2D eigenvalue weighted by molar-refractivity contribution is -0.113. The van der Waals surface area contributed by atoms with Crippen molar-refractivity contribution in [1.29, 1.82) is 0 Å². The second kappa shape index (κ2) is 14.6. The lowest BCUT2D eigenvalue weighted by Crippen LogP contribution is -2.40. The number of methoxy groups -OCH3 is 2. The van der Waals surface area contributed by atoms with E-state index in [2.05, 4.69) is 27.9 Å². The van der Waals surface area contributed by atoms with Crippen molar-refractivity contribution in [2.45, 2.75) is 19.6 Å². The SMILES string of the molecule is COc1ccc([C@@H]2C(C(=O)Nc3ccccc3)=C(C)N=c3s/c(=C/c4cc(I)c(OCc5ccc(Cl)cc5Cl)c(OC)c4)c(=O)n32)cc1. The molecule has 4 aromatic carbocycles. The fourth-order valence-electron chi connectivity index (χ4n) is 5.34. The number of fused-ring (bicyclic) bond motifs is 1. The third-order valence-electron chi connectivity index (χ3n) is 7.67. The maximum Gasteiger partial charge on any atom is 0.271 e. The van der Waals surface area contributed by atoms with E-state index >= 15 is 0 Å². The summed E-state index contributed by atoms with van der Waals surface area (Å²) in [6.45, 7) is 2.00. The molecule has 0 saturated carbocycles. The number of benzene rings is 4. The number of halogens is 3. The van der Waals surface area contributed by atoms with Gasteiger partial charge in [-0.2, -0.15) is 0 Å². The molecule has 0 aliphatic carbocycles. The lowest BCUT2D eigenvalue weighted by atomic mass is 9.95. The van der Waals surface area contributed by atoms with E-state index in [1.165, 1.54) is 11.3 Å². The van der Waals surface area contributed by atoms with Gasteiger partial charge in [-0.15, -0.1) is 0 Å². The van der Waals surface area contributed by atoms with Crippen molar-refractivity contribution in [2.75, 3.05) is 19.5 Å².